The number of ether oxygens (including phenoxy) is 2. The number of methoxy groups -OCH3 is 1. The van der Waals surface area contributed by atoms with Crippen molar-refractivity contribution in [3.63, 3.8) is 0 Å². The highest BCUT2D eigenvalue weighted by Gasteiger charge is 2.52. The lowest BCUT2D eigenvalue weighted by Gasteiger charge is -2.47. The van der Waals surface area contributed by atoms with E-state index < -0.39 is 72.6 Å². The van der Waals surface area contributed by atoms with Gasteiger partial charge in [-0.15, -0.1) is 5.10 Å². The fraction of sp³-hybridized carbons (Fsp3) is 0.407. The number of aliphatic hydroxyl groups excluding tert-OH is 3. The zero-order valence-electron chi connectivity index (χ0n) is 21.9. The number of benzene rings is 2. The Balaban J connectivity index is 1.54. The molecule has 1 aliphatic carbocycles. The van der Waals surface area contributed by atoms with E-state index in [-0.39, 0.29) is 27.5 Å². The number of carbonyl (C=O) groups excluding carboxylic acids is 1. The lowest BCUT2D eigenvalue weighted by molar-refractivity contribution is -0.211. The fourth-order valence-electron chi connectivity index (χ4n) is 5.28. The lowest BCUT2D eigenvalue weighted by atomic mass is 9.85. The number of hydrogen-bond acceptors (Lipinski definition) is 9. The summed E-state index contributed by atoms with van der Waals surface area (Å²) in [5, 5.41) is 49.1. The molecule has 0 radical (unpaired) electrons. The van der Waals surface area contributed by atoms with Crippen LogP contribution >= 0.6 is 11.6 Å². The average molecular weight is 608 g/mol. The molecule has 2 heterocycles. The van der Waals surface area contributed by atoms with Gasteiger partial charge in [0.2, 0.25) is 0 Å². The minimum absolute atomic E-state index is 0.0769. The Morgan fingerprint density at radius 2 is 1.93 bits per heavy atom. The Kier molecular flexibility index (Phi) is 8.51. The summed E-state index contributed by atoms with van der Waals surface area (Å²) in [6.45, 7) is -0.713. The molecule has 2 aliphatic rings. The van der Waals surface area contributed by atoms with Crippen molar-refractivity contribution in [3.05, 3.63) is 64.6 Å². The molecule has 0 spiro atoms. The van der Waals surface area contributed by atoms with E-state index in [2.05, 4.69) is 10.3 Å². The molecule has 11 nitrogen and oxygen atoms in total. The van der Waals surface area contributed by atoms with Gasteiger partial charge in [-0.2, -0.15) is 5.26 Å². The van der Waals surface area contributed by atoms with Crippen LogP contribution in [0, 0.1) is 28.8 Å². The second kappa shape index (κ2) is 12.0. The number of aromatic nitrogens is 3. The third kappa shape index (κ3) is 5.35. The molecular formula is C27H25ClF3N5O6. The highest BCUT2D eigenvalue weighted by atomic mass is 35.5. The molecule has 3 N–H and O–H groups in total. The SMILES string of the molecule is CO[C@@H]1[C@@H](n2cc(-c3cc(F)c(F)c(F)c3)nn2)[C@@H](O)[C@@H](CO)O[C@H]1C(=O)N(c1cc(Cl)cc(C#N)c1)[C@@H]1CC[C@H]1O. The van der Waals surface area contributed by atoms with Gasteiger partial charge >= 0.3 is 0 Å². The summed E-state index contributed by atoms with van der Waals surface area (Å²) in [4.78, 5) is 15.5. The van der Waals surface area contributed by atoms with Gasteiger partial charge in [-0.25, -0.2) is 17.9 Å². The van der Waals surface area contributed by atoms with Crippen LogP contribution in [0.25, 0.3) is 11.3 Å². The molecule has 5 rings (SSSR count). The van der Waals surface area contributed by atoms with Gasteiger partial charge in [0, 0.05) is 23.4 Å². The summed E-state index contributed by atoms with van der Waals surface area (Å²) >= 11 is 6.21. The van der Waals surface area contributed by atoms with Crippen LogP contribution in [0.1, 0.15) is 24.4 Å². The van der Waals surface area contributed by atoms with Crippen molar-refractivity contribution in [1.29, 1.82) is 5.26 Å². The van der Waals surface area contributed by atoms with Crippen molar-refractivity contribution in [2.45, 2.75) is 55.4 Å². The zero-order chi connectivity index (χ0) is 30.3. The number of carbonyl (C=O) groups is 1. The minimum Gasteiger partial charge on any atom is -0.394 e. The number of hydrogen-bond donors (Lipinski definition) is 3. The smallest absolute Gasteiger partial charge is 0.259 e. The normalized spacial score (nSPS) is 27.3. The molecule has 1 aliphatic heterocycles. The van der Waals surface area contributed by atoms with Crippen molar-refractivity contribution in [1.82, 2.24) is 15.0 Å². The summed E-state index contributed by atoms with van der Waals surface area (Å²) in [5.41, 5.74) is 0.172. The second-order valence-electron chi connectivity index (χ2n) is 10.0. The maximum absolute atomic E-state index is 14.2. The molecule has 15 heteroatoms. The minimum atomic E-state index is -1.65. The standard InChI is InChI=1S/C27H25ClF3N5O6/c1-41-25-23(35-10-18(33-34-35)13-6-16(29)22(31)17(30)7-13)24(39)21(11-37)42-26(25)27(40)36(19-2-3-20(19)38)15-5-12(9-32)4-14(28)8-15/h4-8,10,19-21,23-26,37-39H,2-3,11H2,1H3/t19-,20-,21-,23+,24+,25-,26-/m1/s1. The van der Waals surface area contributed by atoms with Gasteiger partial charge in [0.25, 0.3) is 5.91 Å². The Labute approximate surface area is 242 Å². The van der Waals surface area contributed by atoms with Gasteiger partial charge in [0.15, 0.2) is 23.6 Å². The van der Waals surface area contributed by atoms with Gasteiger partial charge in [0.05, 0.1) is 36.6 Å². The van der Waals surface area contributed by atoms with E-state index >= 15 is 0 Å². The van der Waals surface area contributed by atoms with Crippen LogP contribution in [0.15, 0.2) is 36.5 Å². The molecule has 0 unspecified atom stereocenters. The first kappa shape index (κ1) is 29.9. The van der Waals surface area contributed by atoms with Crippen LogP contribution in [0.3, 0.4) is 0 Å². The summed E-state index contributed by atoms with van der Waals surface area (Å²) in [7, 11) is 1.26. The zero-order valence-corrected chi connectivity index (χ0v) is 22.7. The van der Waals surface area contributed by atoms with Crippen LogP contribution in [0.2, 0.25) is 5.02 Å². The van der Waals surface area contributed by atoms with Crippen LogP contribution < -0.4 is 4.90 Å². The van der Waals surface area contributed by atoms with E-state index in [4.69, 9.17) is 21.1 Å². The third-order valence-electron chi connectivity index (χ3n) is 7.54. The van der Waals surface area contributed by atoms with Crippen LogP contribution in [0.4, 0.5) is 18.9 Å². The molecule has 222 valence electrons. The van der Waals surface area contributed by atoms with Gasteiger partial charge in [-0.3, -0.25) is 4.79 Å². The first-order valence-corrected chi connectivity index (χ1v) is 13.2. The molecule has 3 aromatic rings. The Hall–Kier alpha value is -3.58. The molecule has 1 aromatic heterocycles. The lowest BCUT2D eigenvalue weighted by Crippen LogP contribution is -2.64. The van der Waals surface area contributed by atoms with Crippen LogP contribution in [0.5, 0.6) is 0 Å². The predicted octanol–water partition coefficient (Wildman–Crippen LogP) is 2.12. The number of anilines is 1. The molecular weight excluding hydrogens is 583 g/mol. The van der Waals surface area contributed by atoms with Crippen molar-refractivity contribution in [2.75, 3.05) is 18.6 Å². The summed E-state index contributed by atoms with van der Waals surface area (Å²) in [6, 6.07) is 5.82. The van der Waals surface area contributed by atoms with E-state index in [0.717, 1.165) is 16.8 Å². The second-order valence-corrected chi connectivity index (χ2v) is 10.5. The van der Waals surface area contributed by atoms with E-state index in [1.165, 1.54) is 36.4 Å². The van der Waals surface area contributed by atoms with E-state index in [1.807, 2.05) is 6.07 Å². The first-order valence-electron chi connectivity index (χ1n) is 12.8. The van der Waals surface area contributed by atoms with Crippen molar-refractivity contribution < 1.29 is 42.8 Å². The number of nitrogens with zero attached hydrogens (tertiary/aromatic N) is 5. The number of rotatable bonds is 7. The fourth-order valence-corrected chi connectivity index (χ4v) is 5.51. The van der Waals surface area contributed by atoms with Gasteiger partial charge in [-0.1, -0.05) is 16.8 Å². The first-order chi connectivity index (χ1) is 20.1. The third-order valence-corrected chi connectivity index (χ3v) is 7.76. The molecule has 1 saturated carbocycles. The number of halogens is 4. The average Bonchev–Trinajstić information content (AvgIpc) is 3.46. The topological polar surface area (TPSA) is 154 Å². The molecule has 1 saturated heterocycles. The van der Waals surface area contributed by atoms with Crippen molar-refractivity contribution in [2.24, 2.45) is 0 Å². The summed E-state index contributed by atoms with van der Waals surface area (Å²) < 4.78 is 53.8. The largest absolute Gasteiger partial charge is 0.394 e. The van der Waals surface area contributed by atoms with Gasteiger partial charge in [-0.05, 0) is 43.2 Å². The van der Waals surface area contributed by atoms with Gasteiger partial charge < -0.3 is 29.7 Å². The monoisotopic (exact) mass is 607 g/mol. The molecule has 2 fully saturated rings. The molecule has 1 amide bonds. The molecule has 0 bridgehead atoms. The summed E-state index contributed by atoms with van der Waals surface area (Å²) in [6.07, 6.45) is -4.37. The van der Waals surface area contributed by atoms with E-state index in [1.54, 1.807) is 0 Å². The maximum atomic E-state index is 14.2. The molecule has 2 aromatic carbocycles. The number of nitriles is 1. The number of amides is 1. The van der Waals surface area contributed by atoms with Crippen LogP contribution in [-0.2, 0) is 14.3 Å². The molecule has 7 atom stereocenters. The van der Waals surface area contributed by atoms with Gasteiger partial charge in [0.1, 0.15) is 30.0 Å². The highest BCUT2D eigenvalue weighted by molar-refractivity contribution is 6.31. The molecule has 42 heavy (non-hydrogen) atoms. The quantitative estimate of drug-likeness (QED) is 0.343. The number of aliphatic hydroxyl groups is 3. The maximum Gasteiger partial charge on any atom is 0.259 e. The van der Waals surface area contributed by atoms with Crippen molar-refractivity contribution in [3.8, 4) is 17.3 Å². The Bertz CT molecular complexity index is 1510. The summed E-state index contributed by atoms with van der Waals surface area (Å²) in [5.74, 6) is -5.24. The Morgan fingerprint density at radius 1 is 1.21 bits per heavy atom. The van der Waals surface area contributed by atoms with E-state index in [0.29, 0.717) is 12.8 Å². The van der Waals surface area contributed by atoms with Crippen LogP contribution in [-0.4, -0.2) is 86.5 Å². The van der Waals surface area contributed by atoms with Crippen molar-refractivity contribution >= 4 is 23.2 Å². The Morgan fingerprint density at radius 3 is 2.50 bits per heavy atom. The highest BCUT2D eigenvalue weighted by Crippen LogP contribution is 2.38. The predicted molar refractivity (Wildman–Crippen MR) is 140 cm³/mol. The van der Waals surface area contributed by atoms with E-state index in [9.17, 15) is 38.5 Å².